The van der Waals surface area contributed by atoms with E-state index in [0.717, 1.165) is 36.4 Å². The molecule has 3 rings (SSSR count). The lowest BCUT2D eigenvalue weighted by atomic mass is 10.3. The molecule has 29 heteroatoms. The first-order chi connectivity index (χ1) is 35.8. The Morgan fingerprint density at radius 3 is 0.688 bits per heavy atom. The predicted octanol–water partition coefficient (Wildman–Crippen LogP) is 6.26. The van der Waals surface area contributed by atoms with Crippen molar-refractivity contribution in [1.82, 2.24) is 0 Å². The van der Waals surface area contributed by atoms with Crippen LogP contribution >= 0.6 is 63.7 Å². The third kappa shape index (κ3) is 35.9. The second-order valence-corrected chi connectivity index (χ2v) is 16.2. The number of halogens is 4. The number of esters is 9. The van der Waals surface area contributed by atoms with Gasteiger partial charge in [-0.3, -0.25) is 19.2 Å². The fraction of sp³-hybridized carbons (Fsp3) is 0.229. The summed E-state index contributed by atoms with van der Waals surface area (Å²) in [4.78, 5) is 123. The monoisotopic (exact) mass is 1340 g/mol. The predicted molar refractivity (Wildman–Crippen MR) is 281 cm³/mol. The van der Waals surface area contributed by atoms with Gasteiger partial charge >= 0.3 is 65.7 Å². The standard InChI is InChI=1S/C24H24O12.C12H9Br3O6.C6H6O3.C4H6O2.C2H3BrO2/c1-13(2)22(28)31-10-19(25)34-16-7-17(35-20(26)11-32-23(29)14(3)4)9-18(8-16)36-21(27)12-33-24(30)15(5)6;13-4-10(16)19-7-1-8(20-11(17)5-14)3-9(2-7)21-12(18)6-15;7-4-1-5(8)3-6(9)2-4;1-3(2)4(5)6;3-1-2(4)5/h7-9H,1,3,5,10-12H2,2,4,6H3;1-3H,4-6H2;1-3,7-9H;1H2,2H3,(H,5,6);1H2,(H,4,5). The molecule has 418 valence electrons. The Kier molecular flexibility index (Phi) is 35.7. The number of ether oxygens (including phenoxy) is 9. The van der Waals surface area contributed by atoms with Crippen LogP contribution in [0.2, 0.25) is 0 Å². The van der Waals surface area contributed by atoms with Crippen molar-refractivity contribution in [2.45, 2.75) is 27.7 Å². The zero-order chi connectivity index (χ0) is 59.5. The number of carbonyl (C=O) groups excluding carboxylic acids is 9. The van der Waals surface area contributed by atoms with Crippen LogP contribution in [0, 0.1) is 0 Å². The van der Waals surface area contributed by atoms with Crippen LogP contribution in [0.1, 0.15) is 27.7 Å². The first-order valence-corrected chi connectivity index (χ1v) is 24.9. The van der Waals surface area contributed by atoms with E-state index >= 15 is 0 Å². The number of carboxylic acids is 2. The summed E-state index contributed by atoms with van der Waals surface area (Å²) in [5.74, 6) is -9.87. The Labute approximate surface area is 471 Å². The van der Waals surface area contributed by atoms with Crippen LogP contribution in [0.4, 0.5) is 0 Å². The summed E-state index contributed by atoms with van der Waals surface area (Å²) in [6.07, 6.45) is 0. The second kappa shape index (κ2) is 38.6. The molecule has 0 fully saturated rings. The summed E-state index contributed by atoms with van der Waals surface area (Å²) in [5, 5.41) is 41.6. The van der Waals surface area contributed by atoms with Crippen molar-refractivity contribution in [1.29, 1.82) is 0 Å². The largest absolute Gasteiger partial charge is 0.508 e. The van der Waals surface area contributed by atoms with Crippen molar-refractivity contribution >= 4 is 129 Å². The Bertz CT molecular complexity index is 2380. The van der Waals surface area contributed by atoms with Gasteiger partial charge in [-0.2, -0.15) is 0 Å². The molecule has 0 bridgehead atoms. The highest BCUT2D eigenvalue weighted by atomic mass is 79.9. The summed E-state index contributed by atoms with van der Waals surface area (Å²) in [5.41, 5.74) is 0.358. The average Bonchev–Trinajstić information content (AvgIpc) is 3.33. The Morgan fingerprint density at radius 2 is 0.545 bits per heavy atom. The number of rotatable bonds is 20. The molecule has 0 unspecified atom stereocenters. The maximum absolute atomic E-state index is 12.0. The molecule has 0 spiro atoms. The molecule has 0 atom stereocenters. The summed E-state index contributed by atoms with van der Waals surface area (Å²) in [6, 6.07) is 10.7. The number of hydrogen-bond donors (Lipinski definition) is 5. The Morgan fingerprint density at radius 1 is 0.364 bits per heavy atom. The molecule has 0 aliphatic carbocycles. The lowest BCUT2D eigenvalue weighted by Crippen LogP contribution is -2.21. The van der Waals surface area contributed by atoms with E-state index in [1.54, 1.807) is 0 Å². The highest BCUT2D eigenvalue weighted by Gasteiger charge is 2.18. The molecule has 25 nitrogen and oxygen atoms in total. The maximum Gasteiger partial charge on any atom is 0.349 e. The van der Waals surface area contributed by atoms with Crippen LogP contribution in [0.3, 0.4) is 0 Å². The fourth-order valence-electron chi connectivity index (χ4n) is 3.73. The second-order valence-electron chi connectivity index (χ2n) is 13.9. The van der Waals surface area contributed by atoms with Gasteiger partial charge in [-0.15, -0.1) is 0 Å². The van der Waals surface area contributed by atoms with E-state index in [0.29, 0.717) is 0 Å². The Balaban J connectivity index is 0. The van der Waals surface area contributed by atoms with E-state index in [1.807, 2.05) is 0 Å². The van der Waals surface area contributed by atoms with Crippen molar-refractivity contribution in [2.24, 2.45) is 0 Å². The first kappa shape index (κ1) is 71.2. The fourth-order valence-corrected chi connectivity index (χ4v) is 4.07. The van der Waals surface area contributed by atoms with Gasteiger partial charge in [0.15, 0.2) is 19.8 Å². The quantitative estimate of drug-likeness (QED) is 0.0274. The zero-order valence-corrected chi connectivity index (χ0v) is 47.2. The molecule has 0 saturated carbocycles. The van der Waals surface area contributed by atoms with Gasteiger partial charge in [-0.05, 0) is 27.7 Å². The van der Waals surface area contributed by atoms with Crippen molar-refractivity contribution in [2.75, 3.05) is 41.1 Å². The summed E-state index contributed by atoms with van der Waals surface area (Å²) in [6.45, 7) is 16.6. The normalized spacial score (nSPS) is 9.40. The van der Waals surface area contributed by atoms with Crippen LogP contribution in [0.5, 0.6) is 51.7 Å². The molecular formula is C48H48Br4O25. The van der Waals surface area contributed by atoms with Crippen LogP contribution < -0.4 is 28.4 Å². The lowest BCUT2D eigenvalue weighted by Gasteiger charge is -2.12. The first-order valence-electron chi connectivity index (χ1n) is 20.4. The molecule has 0 aliphatic heterocycles. The van der Waals surface area contributed by atoms with Gasteiger partial charge in [-0.25, -0.2) is 33.6 Å². The Hall–Kier alpha value is -7.89. The molecular weight excluding hydrogens is 1300 g/mol. The van der Waals surface area contributed by atoms with Gasteiger partial charge < -0.3 is 68.2 Å². The summed E-state index contributed by atoms with van der Waals surface area (Å²) < 4.78 is 44.1. The van der Waals surface area contributed by atoms with E-state index in [1.165, 1.54) is 45.9 Å². The van der Waals surface area contributed by atoms with Crippen molar-refractivity contribution in [3.63, 3.8) is 0 Å². The highest BCUT2D eigenvalue weighted by Crippen LogP contribution is 2.30. The average molecular weight is 1340 g/mol. The van der Waals surface area contributed by atoms with Crippen molar-refractivity contribution in [3.05, 3.63) is 103 Å². The SMILES string of the molecule is C=C(C)C(=O)O.C=C(C)C(=O)OCC(=O)Oc1cc(OC(=O)COC(=O)C(=C)C)cc(OC(=O)COC(=O)C(=C)C)c1.O=C(CBr)Oc1cc(OC(=O)CBr)cc(OC(=O)CBr)c1.O=C(O)CBr.Oc1cc(O)cc(O)c1. The van der Waals surface area contributed by atoms with Crippen LogP contribution in [0.15, 0.2) is 103 Å². The third-order valence-corrected chi connectivity index (χ3v) is 8.65. The number of phenolic OH excluding ortho intramolecular Hbond substituents is 3. The smallest absolute Gasteiger partial charge is 0.349 e. The maximum atomic E-state index is 12.0. The number of aliphatic carboxylic acids is 2. The minimum Gasteiger partial charge on any atom is -0.508 e. The zero-order valence-electron chi connectivity index (χ0n) is 40.9. The minimum absolute atomic E-state index is 0.00502. The lowest BCUT2D eigenvalue weighted by molar-refractivity contribution is -0.151. The van der Waals surface area contributed by atoms with E-state index in [2.05, 4.69) is 104 Å². The van der Waals surface area contributed by atoms with Crippen LogP contribution in [0.25, 0.3) is 0 Å². The van der Waals surface area contributed by atoms with Crippen molar-refractivity contribution < 1.29 is 121 Å². The third-order valence-electron chi connectivity index (χ3n) is 6.80. The number of carbonyl (C=O) groups is 11. The summed E-state index contributed by atoms with van der Waals surface area (Å²) >= 11 is 11.6. The number of alkyl halides is 4. The molecule has 0 aliphatic rings. The topological polar surface area (TPSA) is 372 Å². The molecule has 0 heterocycles. The highest BCUT2D eigenvalue weighted by molar-refractivity contribution is 9.10. The van der Waals surface area contributed by atoms with E-state index < -0.39 is 85.5 Å². The number of phenols is 3. The molecule has 77 heavy (non-hydrogen) atoms. The molecule has 0 amide bonds. The molecule has 3 aromatic carbocycles. The van der Waals surface area contributed by atoms with Gasteiger partial charge in [-0.1, -0.05) is 90.0 Å². The molecule has 0 radical (unpaired) electrons. The van der Waals surface area contributed by atoms with Gasteiger partial charge in [0, 0.05) is 76.9 Å². The number of hydrogen-bond acceptors (Lipinski definition) is 23. The molecule has 5 N–H and O–H groups in total. The van der Waals surface area contributed by atoms with E-state index in [4.69, 9.17) is 54.0 Å². The number of aromatic hydroxyl groups is 3. The molecule has 0 saturated heterocycles. The van der Waals surface area contributed by atoms with E-state index in [-0.39, 0.29) is 95.4 Å². The van der Waals surface area contributed by atoms with Crippen LogP contribution in [-0.4, -0.2) is 132 Å². The molecule has 0 aromatic heterocycles. The van der Waals surface area contributed by atoms with Crippen LogP contribution in [-0.2, 0) is 67.0 Å². The van der Waals surface area contributed by atoms with Gasteiger partial charge in [0.25, 0.3) is 0 Å². The van der Waals surface area contributed by atoms with Gasteiger partial charge in [0.1, 0.15) is 73.1 Å². The molecule has 3 aromatic rings. The van der Waals surface area contributed by atoms with E-state index in [9.17, 15) is 52.7 Å². The number of carboxylic acid groups (broad SMARTS) is 2. The van der Waals surface area contributed by atoms with Gasteiger partial charge in [0.05, 0.1) is 0 Å². The summed E-state index contributed by atoms with van der Waals surface area (Å²) in [7, 11) is 0. The minimum atomic E-state index is -1.02. The number of benzene rings is 3. The van der Waals surface area contributed by atoms with Crippen molar-refractivity contribution in [3.8, 4) is 51.7 Å². The van der Waals surface area contributed by atoms with Gasteiger partial charge in [0.2, 0.25) is 0 Å².